The number of fused-ring (bicyclic) bond motifs is 4. The van der Waals surface area contributed by atoms with Crippen molar-refractivity contribution in [3.05, 3.63) is 136 Å². The van der Waals surface area contributed by atoms with E-state index in [0.717, 1.165) is 20.0 Å². The zero-order valence-electron chi connectivity index (χ0n) is 22.2. The standard InChI is InChI=1S/C35H25NO2S2Si/c1-41(24-9-3-2-4-10-24)31-13-7-5-11-28(31)36(29-12-6-8-14-32(29)41)33-16-15-23(40-33)20-27-34(37)25-19-22-17-18-39-30(22)21-26(25)35(27)38/h2-21,34,37H,1H3/b27-20+. The Kier molecular flexibility index (Phi) is 5.56. The Morgan fingerprint density at radius 1 is 0.829 bits per heavy atom. The lowest BCUT2D eigenvalue weighted by atomic mass is 10.1. The minimum atomic E-state index is -2.25. The fraction of sp³-hybridized carbons (Fsp3) is 0.0571. The molecule has 6 heteroatoms. The number of ketones is 1. The molecule has 8 rings (SSSR count). The summed E-state index contributed by atoms with van der Waals surface area (Å²) < 4.78 is 1.07. The summed E-state index contributed by atoms with van der Waals surface area (Å²) in [6, 6.07) is 38.6. The Morgan fingerprint density at radius 3 is 2.24 bits per heavy atom. The number of carbonyl (C=O) groups is 1. The molecule has 0 saturated heterocycles. The van der Waals surface area contributed by atoms with Crippen LogP contribution in [0.15, 0.2) is 120 Å². The van der Waals surface area contributed by atoms with Crippen molar-refractivity contribution in [3.8, 4) is 0 Å². The van der Waals surface area contributed by atoms with Gasteiger partial charge in [-0.2, -0.15) is 0 Å². The minimum Gasteiger partial charge on any atom is -0.383 e. The molecule has 1 unspecified atom stereocenters. The summed E-state index contributed by atoms with van der Waals surface area (Å²) >= 11 is 3.25. The van der Waals surface area contributed by atoms with E-state index < -0.39 is 14.2 Å². The normalized spacial score (nSPS) is 18.0. The number of carbonyl (C=O) groups excluding carboxylic acids is 1. The number of para-hydroxylation sites is 2. The van der Waals surface area contributed by atoms with Crippen molar-refractivity contribution >= 4 is 84.6 Å². The molecular formula is C35H25NO2S2Si. The molecule has 0 saturated carbocycles. The molecule has 4 aromatic carbocycles. The van der Waals surface area contributed by atoms with Crippen molar-refractivity contribution in [2.45, 2.75) is 12.7 Å². The number of aliphatic hydroxyl groups excluding tert-OH is 1. The molecule has 0 amide bonds. The summed E-state index contributed by atoms with van der Waals surface area (Å²) in [4.78, 5) is 16.7. The van der Waals surface area contributed by atoms with Crippen molar-refractivity contribution in [2.24, 2.45) is 0 Å². The molecule has 0 bridgehead atoms. The van der Waals surface area contributed by atoms with Gasteiger partial charge in [-0.25, -0.2) is 0 Å². The molecule has 1 N–H and O–H groups in total. The molecule has 198 valence electrons. The average molecular weight is 584 g/mol. The predicted molar refractivity (Wildman–Crippen MR) is 175 cm³/mol. The topological polar surface area (TPSA) is 40.5 Å². The van der Waals surface area contributed by atoms with Gasteiger partial charge in [-0.15, -0.1) is 22.7 Å². The van der Waals surface area contributed by atoms with Crippen LogP contribution >= 0.6 is 22.7 Å². The number of aliphatic hydroxyl groups is 1. The Hall–Kier alpha value is -4.07. The van der Waals surface area contributed by atoms with Crippen molar-refractivity contribution in [3.63, 3.8) is 0 Å². The maximum Gasteiger partial charge on any atom is 0.192 e. The van der Waals surface area contributed by atoms with E-state index >= 15 is 0 Å². The van der Waals surface area contributed by atoms with Crippen LogP contribution in [-0.4, -0.2) is 19.0 Å². The second-order valence-corrected chi connectivity index (χ2v) is 16.7. The second kappa shape index (κ2) is 9.22. The quantitative estimate of drug-likeness (QED) is 0.178. The smallest absolute Gasteiger partial charge is 0.192 e. The van der Waals surface area contributed by atoms with Crippen LogP contribution in [0.4, 0.5) is 16.4 Å². The monoisotopic (exact) mass is 583 g/mol. The van der Waals surface area contributed by atoms with Crippen LogP contribution < -0.4 is 20.5 Å². The highest BCUT2D eigenvalue weighted by atomic mass is 32.1. The largest absolute Gasteiger partial charge is 0.383 e. The number of benzene rings is 4. The van der Waals surface area contributed by atoms with E-state index in [1.165, 1.54) is 26.9 Å². The maximum absolute atomic E-state index is 13.4. The summed E-state index contributed by atoms with van der Waals surface area (Å²) in [6.45, 7) is 2.45. The van der Waals surface area contributed by atoms with E-state index in [1.807, 2.05) is 29.7 Å². The molecular weight excluding hydrogens is 559 g/mol. The Labute approximate surface area is 247 Å². The van der Waals surface area contributed by atoms with Crippen molar-refractivity contribution in [1.29, 1.82) is 0 Å². The van der Waals surface area contributed by atoms with Gasteiger partial charge in [0.05, 0.1) is 0 Å². The van der Waals surface area contributed by atoms with E-state index in [4.69, 9.17) is 0 Å². The third kappa shape index (κ3) is 3.62. The van der Waals surface area contributed by atoms with Crippen LogP contribution in [0.1, 0.15) is 26.9 Å². The fourth-order valence-corrected chi connectivity index (χ4v) is 12.4. The van der Waals surface area contributed by atoms with Crippen molar-refractivity contribution < 1.29 is 9.90 Å². The highest BCUT2D eigenvalue weighted by molar-refractivity contribution is 7.18. The van der Waals surface area contributed by atoms with Gasteiger partial charge in [-0.1, -0.05) is 73.3 Å². The van der Waals surface area contributed by atoms with Gasteiger partial charge >= 0.3 is 0 Å². The van der Waals surface area contributed by atoms with E-state index in [1.54, 1.807) is 22.7 Å². The zero-order valence-corrected chi connectivity index (χ0v) is 24.9. The van der Waals surface area contributed by atoms with Crippen molar-refractivity contribution in [2.75, 3.05) is 4.90 Å². The lowest BCUT2D eigenvalue weighted by Crippen LogP contribution is -2.68. The molecule has 2 aliphatic rings. The Bertz CT molecular complexity index is 1980. The second-order valence-electron chi connectivity index (χ2n) is 10.8. The first-order valence-corrected chi connectivity index (χ1v) is 17.8. The summed E-state index contributed by atoms with van der Waals surface area (Å²) in [7, 11) is -2.25. The van der Waals surface area contributed by atoms with Crippen LogP contribution in [0.3, 0.4) is 0 Å². The molecule has 3 heterocycles. The van der Waals surface area contributed by atoms with E-state index in [9.17, 15) is 9.90 Å². The van der Waals surface area contributed by atoms with Crippen LogP contribution in [-0.2, 0) is 0 Å². The molecule has 1 atom stereocenters. The van der Waals surface area contributed by atoms with Crippen LogP contribution in [0.25, 0.3) is 16.2 Å². The van der Waals surface area contributed by atoms with Gasteiger partial charge in [0.1, 0.15) is 11.1 Å². The van der Waals surface area contributed by atoms with Crippen LogP contribution in [0, 0.1) is 0 Å². The van der Waals surface area contributed by atoms with E-state index in [2.05, 4.69) is 102 Å². The van der Waals surface area contributed by atoms with Crippen LogP contribution in [0.5, 0.6) is 0 Å². The average Bonchev–Trinajstić information content (AvgIpc) is 3.73. The third-order valence-corrected chi connectivity index (χ3v) is 15.0. The Balaban J connectivity index is 1.23. The maximum atomic E-state index is 13.4. The molecule has 2 aromatic heterocycles. The SMILES string of the molecule is C[Si]1(c2ccccc2)c2ccccc2N(c2ccc(/C=C3/C(=O)c4cc5sccc5cc4C3O)s2)c2ccccc21. The first-order chi connectivity index (χ1) is 20.0. The molecule has 6 aromatic rings. The fourth-order valence-electron chi connectivity index (χ4n) is 6.51. The first kappa shape index (κ1) is 24.7. The molecule has 41 heavy (non-hydrogen) atoms. The Morgan fingerprint density at radius 2 is 1.51 bits per heavy atom. The van der Waals surface area contributed by atoms with Gasteiger partial charge in [-0.05, 0) is 80.4 Å². The van der Waals surface area contributed by atoms with E-state index in [-0.39, 0.29) is 5.78 Å². The first-order valence-electron chi connectivity index (χ1n) is 13.6. The minimum absolute atomic E-state index is 0.0870. The van der Waals surface area contributed by atoms with Gasteiger partial charge in [0.25, 0.3) is 0 Å². The zero-order chi connectivity index (χ0) is 27.7. The number of hydrogen-bond donors (Lipinski definition) is 1. The van der Waals surface area contributed by atoms with Gasteiger partial charge in [0.15, 0.2) is 13.9 Å². The number of hydrogen-bond acceptors (Lipinski definition) is 5. The molecule has 3 nitrogen and oxygen atoms in total. The lowest BCUT2D eigenvalue weighted by Gasteiger charge is -2.42. The summed E-state index contributed by atoms with van der Waals surface area (Å²) in [5.74, 6) is -0.0870. The van der Waals surface area contributed by atoms with Gasteiger partial charge in [-0.3, -0.25) is 4.79 Å². The predicted octanol–water partition coefficient (Wildman–Crippen LogP) is 7.16. The van der Waals surface area contributed by atoms with Gasteiger partial charge in [0, 0.05) is 32.1 Å². The number of nitrogens with zero attached hydrogens (tertiary/aromatic N) is 1. The van der Waals surface area contributed by atoms with Gasteiger partial charge < -0.3 is 10.0 Å². The van der Waals surface area contributed by atoms with Crippen LogP contribution in [0.2, 0.25) is 6.55 Å². The molecule has 0 spiro atoms. The molecule has 1 aliphatic heterocycles. The molecule has 0 radical (unpaired) electrons. The molecule has 0 fully saturated rings. The highest BCUT2D eigenvalue weighted by Crippen LogP contribution is 2.44. The third-order valence-electron chi connectivity index (χ3n) is 8.57. The van der Waals surface area contributed by atoms with Gasteiger partial charge in [0.2, 0.25) is 0 Å². The number of Topliss-reactive ketones (excluding diaryl/α,β-unsaturated/α-hetero) is 1. The highest BCUT2D eigenvalue weighted by Gasteiger charge is 2.43. The number of anilines is 3. The lowest BCUT2D eigenvalue weighted by molar-refractivity contribution is 0.102. The van der Waals surface area contributed by atoms with E-state index in [0.29, 0.717) is 16.7 Å². The number of rotatable bonds is 3. The number of thiophene rings is 2. The summed E-state index contributed by atoms with van der Waals surface area (Å²) in [5.41, 5.74) is 4.16. The summed E-state index contributed by atoms with van der Waals surface area (Å²) in [5, 5.41) is 19.5. The summed E-state index contributed by atoms with van der Waals surface area (Å²) in [6.07, 6.45) is 0.959. The van der Waals surface area contributed by atoms with Crippen molar-refractivity contribution in [1.82, 2.24) is 0 Å². The molecule has 1 aliphatic carbocycles.